The van der Waals surface area contributed by atoms with Crippen LogP contribution in [0.5, 0.6) is 17.4 Å². The number of nitrogens with zero attached hydrogens (tertiary/aromatic N) is 3. The number of benzene rings is 2. The molecule has 3 fully saturated rings. The summed E-state index contributed by atoms with van der Waals surface area (Å²) in [6, 6.07) is 17.4. The number of amides is 1. The fourth-order valence-corrected chi connectivity index (χ4v) is 5.86. The van der Waals surface area contributed by atoms with Crippen molar-refractivity contribution in [1.29, 1.82) is 0 Å². The van der Waals surface area contributed by atoms with E-state index in [1.165, 1.54) is 25.0 Å². The number of halogens is 2. The molecule has 1 amide bonds. The number of carbonyl (C=O) groups is 1. The second kappa shape index (κ2) is 12.7. The summed E-state index contributed by atoms with van der Waals surface area (Å²) in [5, 5.41) is 4.00. The van der Waals surface area contributed by atoms with Crippen LogP contribution in [0.3, 0.4) is 0 Å². The Morgan fingerprint density at radius 2 is 1.85 bits per heavy atom. The number of aromatic nitrogens is 1. The van der Waals surface area contributed by atoms with Crippen LogP contribution in [0.1, 0.15) is 37.7 Å². The third-order valence-corrected chi connectivity index (χ3v) is 8.24. The predicted octanol–water partition coefficient (Wildman–Crippen LogP) is 5.86. The minimum atomic E-state index is -0.316. The molecule has 41 heavy (non-hydrogen) atoms. The molecule has 1 aliphatic carbocycles. The molecule has 1 aromatic heterocycles. The van der Waals surface area contributed by atoms with E-state index in [4.69, 9.17) is 21.1 Å². The number of nitrogens with one attached hydrogen (secondary N) is 1. The lowest BCUT2D eigenvalue weighted by Crippen LogP contribution is -2.46. The largest absolute Gasteiger partial charge is 0.489 e. The van der Waals surface area contributed by atoms with Crippen molar-refractivity contribution < 1.29 is 18.7 Å². The molecule has 2 saturated heterocycles. The van der Waals surface area contributed by atoms with Crippen LogP contribution in [-0.4, -0.2) is 60.7 Å². The maximum absolute atomic E-state index is 13.5. The van der Waals surface area contributed by atoms with Gasteiger partial charge in [-0.25, -0.2) is 4.39 Å². The maximum Gasteiger partial charge on any atom is 0.225 e. The first-order valence-electron chi connectivity index (χ1n) is 14.6. The van der Waals surface area contributed by atoms with Crippen molar-refractivity contribution in [2.24, 2.45) is 5.92 Å². The highest BCUT2D eigenvalue weighted by Crippen LogP contribution is 2.33. The molecule has 2 aliphatic heterocycles. The topological polar surface area (TPSA) is 66.9 Å². The number of rotatable bonds is 11. The molecule has 2 aromatic carbocycles. The number of likely N-dealkylation sites (tertiary alicyclic amines) is 1. The summed E-state index contributed by atoms with van der Waals surface area (Å²) >= 11 is 6.54. The summed E-state index contributed by atoms with van der Waals surface area (Å²) in [5.74, 6) is 2.09. The van der Waals surface area contributed by atoms with Crippen LogP contribution in [-0.2, 0) is 11.2 Å². The summed E-state index contributed by atoms with van der Waals surface area (Å²) in [6.07, 6.45) is 6.35. The molecule has 1 saturated carbocycles. The summed E-state index contributed by atoms with van der Waals surface area (Å²) in [7, 11) is 0. The standard InChI is InChI=1S/C32H36ClFN4O3/c33-28-19-22(6-13-29(28)40-26-11-12-26)18-25(21-37-15-1-2-16-37)35-32(39)23-14-17-38(20-23)30-4-3-5-31(36-30)41-27-9-7-24(34)8-10-27/h3-10,13,19,23,25-26H,1-2,11-12,14-18,20-21H2,(H,35,39)/t23-,25+/m1/s1. The van der Waals surface area contributed by atoms with Crippen molar-refractivity contribution in [3.63, 3.8) is 0 Å². The number of ether oxygens (including phenoxy) is 2. The number of carbonyl (C=O) groups excluding carboxylic acids is 1. The Bertz CT molecular complexity index is 1350. The van der Waals surface area contributed by atoms with E-state index in [9.17, 15) is 9.18 Å². The van der Waals surface area contributed by atoms with Crippen molar-refractivity contribution in [2.75, 3.05) is 37.6 Å². The van der Waals surface area contributed by atoms with Gasteiger partial charge in [0.1, 0.15) is 23.1 Å². The first kappa shape index (κ1) is 27.8. The molecule has 0 bridgehead atoms. The highest BCUT2D eigenvalue weighted by Gasteiger charge is 2.31. The zero-order valence-electron chi connectivity index (χ0n) is 23.1. The Morgan fingerprint density at radius 3 is 2.61 bits per heavy atom. The molecule has 0 spiro atoms. The smallest absolute Gasteiger partial charge is 0.225 e. The molecule has 7 nitrogen and oxygen atoms in total. The van der Waals surface area contributed by atoms with Gasteiger partial charge in [-0.1, -0.05) is 23.7 Å². The van der Waals surface area contributed by atoms with Gasteiger partial charge in [0.25, 0.3) is 0 Å². The zero-order valence-corrected chi connectivity index (χ0v) is 23.9. The van der Waals surface area contributed by atoms with Gasteiger partial charge in [-0.2, -0.15) is 4.98 Å². The fourth-order valence-electron chi connectivity index (χ4n) is 5.62. The summed E-state index contributed by atoms with van der Waals surface area (Å²) in [4.78, 5) is 22.7. The molecule has 0 unspecified atom stereocenters. The lowest BCUT2D eigenvalue weighted by atomic mass is 10.0. The Balaban J connectivity index is 1.08. The second-order valence-electron chi connectivity index (χ2n) is 11.3. The van der Waals surface area contributed by atoms with Gasteiger partial charge < -0.3 is 24.6 Å². The van der Waals surface area contributed by atoms with E-state index in [1.54, 1.807) is 18.2 Å². The van der Waals surface area contributed by atoms with Gasteiger partial charge in [0.05, 0.1) is 17.0 Å². The van der Waals surface area contributed by atoms with Crippen molar-refractivity contribution in [3.8, 4) is 17.4 Å². The quantitative estimate of drug-likeness (QED) is 0.308. The summed E-state index contributed by atoms with van der Waals surface area (Å²) < 4.78 is 24.9. The average molecular weight is 579 g/mol. The van der Waals surface area contributed by atoms with E-state index in [2.05, 4.69) is 26.2 Å². The lowest BCUT2D eigenvalue weighted by Gasteiger charge is -2.26. The average Bonchev–Trinajstić information content (AvgIpc) is 3.40. The second-order valence-corrected chi connectivity index (χ2v) is 11.7. The molecule has 3 aliphatic rings. The third-order valence-electron chi connectivity index (χ3n) is 7.95. The van der Waals surface area contributed by atoms with Gasteiger partial charge in [-0.05, 0) is 99.6 Å². The molecule has 216 valence electrons. The number of pyridine rings is 1. The van der Waals surface area contributed by atoms with E-state index < -0.39 is 0 Å². The Hall–Kier alpha value is -3.36. The van der Waals surface area contributed by atoms with Crippen LogP contribution < -0.4 is 19.7 Å². The molecule has 1 N–H and O–H groups in total. The Labute approximate surface area is 245 Å². The first-order valence-corrected chi connectivity index (χ1v) is 15.0. The van der Waals surface area contributed by atoms with Crippen molar-refractivity contribution >= 4 is 23.3 Å². The molecular weight excluding hydrogens is 543 g/mol. The summed E-state index contributed by atoms with van der Waals surface area (Å²) in [6.45, 7) is 4.29. The molecular formula is C32H36ClFN4O3. The predicted molar refractivity (Wildman–Crippen MR) is 157 cm³/mol. The van der Waals surface area contributed by atoms with Crippen molar-refractivity contribution in [1.82, 2.24) is 15.2 Å². The van der Waals surface area contributed by atoms with Crippen LogP contribution in [0.25, 0.3) is 0 Å². The van der Waals surface area contributed by atoms with E-state index >= 15 is 0 Å². The lowest BCUT2D eigenvalue weighted by molar-refractivity contribution is -0.125. The van der Waals surface area contributed by atoms with Crippen LogP contribution in [0.15, 0.2) is 60.7 Å². The van der Waals surface area contributed by atoms with E-state index in [-0.39, 0.29) is 23.7 Å². The highest BCUT2D eigenvalue weighted by atomic mass is 35.5. The van der Waals surface area contributed by atoms with Crippen molar-refractivity contribution in [3.05, 3.63) is 77.1 Å². The van der Waals surface area contributed by atoms with Crippen LogP contribution >= 0.6 is 11.6 Å². The minimum absolute atomic E-state index is 0.00789. The molecule has 6 rings (SSSR count). The third kappa shape index (κ3) is 7.49. The molecule has 3 aromatic rings. The van der Waals surface area contributed by atoms with Gasteiger partial charge in [0, 0.05) is 31.7 Å². The first-order chi connectivity index (χ1) is 20.0. The fraction of sp³-hybridized carbons (Fsp3) is 0.438. The molecule has 9 heteroatoms. The van der Waals surface area contributed by atoms with Crippen LogP contribution in [0.4, 0.5) is 10.2 Å². The van der Waals surface area contributed by atoms with Crippen molar-refractivity contribution in [2.45, 2.75) is 50.7 Å². The minimum Gasteiger partial charge on any atom is -0.489 e. The molecule has 0 radical (unpaired) electrons. The van der Waals surface area contributed by atoms with Gasteiger partial charge in [0.15, 0.2) is 0 Å². The van der Waals surface area contributed by atoms with E-state index in [1.807, 2.05) is 24.3 Å². The highest BCUT2D eigenvalue weighted by molar-refractivity contribution is 6.32. The number of anilines is 1. The van der Waals surface area contributed by atoms with E-state index in [0.717, 1.165) is 62.6 Å². The van der Waals surface area contributed by atoms with Crippen LogP contribution in [0.2, 0.25) is 5.02 Å². The maximum atomic E-state index is 13.5. The number of hydrogen-bond donors (Lipinski definition) is 1. The monoisotopic (exact) mass is 578 g/mol. The number of hydrogen-bond acceptors (Lipinski definition) is 6. The van der Waals surface area contributed by atoms with Gasteiger partial charge in [-0.3, -0.25) is 4.79 Å². The normalized spacial score (nSPS) is 19.8. The molecule has 3 heterocycles. The molecule has 2 atom stereocenters. The zero-order chi connectivity index (χ0) is 28.2. The Kier molecular flexibility index (Phi) is 8.58. The van der Waals surface area contributed by atoms with Gasteiger partial charge in [-0.15, -0.1) is 0 Å². The van der Waals surface area contributed by atoms with Gasteiger partial charge in [0.2, 0.25) is 11.8 Å². The van der Waals surface area contributed by atoms with E-state index in [0.29, 0.717) is 35.7 Å². The van der Waals surface area contributed by atoms with Crippen LogP contribution in [0, 0.1) is 11.7 Å². The summed E-state index contributed by atoms with van der Waals surface area (Å²) in [5.41, 5.74) is 1.10. The SMILES string of the molecule is O=C(N[C@@H](Cc1ccc(OC2CC2)c(Cl)c1)CN1CCCC1)[C@@H]1CCN(c2cccc(Oc3ccc(F)cc3)n2)C1. The Morgan fingerprint density at radius 1 is 1.05 bits per heavy atom. The van der Waals surface area contributed by atoms with Gasteiger partial charge >= 0.3 is 0 Å².